The van der Waals surface area contributed by atoms with Crippen molar-refractivity contribution in [2.24, 2.45) is 28.6 Å². The minimum Gasteiger partial charge on any atom is -0.392 e. The Balaban J connectivity index is 1.74. The zero-order valence-electron chi connectivity index (χ0n) is 14.0. The Morgan fingerprint density at radius 2 is 1.83 bits per heavy atom. The van der Waals surface area contributed by atoms with E-state index >= 15 is 0 Å². The van der Waals surface area contributed by atoms with Crippen molar-refractivity contribution in [1.82, 2.24) is 0 Å². The van der Waals surface area contributed by atoms with Gasteiger partial charge in [0.15, 0.2) is 5.78 Å². The largest absolute Gasteiger partial charge is 0.392 e. The Morgan fingerprint density at radius 1 is 1.13 bits per heavy atom. The lowest BCUT2D eigenvalue weighted by Gasteiger charge is -2.58. The van der Waals surface area contributed by atoms with Gasteiger partial charge in [-0.05, 0) is 61.7 Å². The van der Waals surface area contributed by atoms with Gasteiger partial charge in [0.05, 0.1) is 17.0 Å². The summed E-state index contributed by atoms with van der Waals surface area (Å²) in [4.78, 5) is 12.6. The Hall–Kier alpha value is -0.190. The van der Waals surface area contributed by atoms with Crippen LogP contribution in [0.15, 0.2) is 11.6 Å². The third kappa shape index (κ3) is 2.10. The summed E-state index contributed by atoms with van der Waals surface area (Å²) in [6.07, 6.45) is 6.60. The van der Waals surface area contributed by atoms with Crippen molar-refractivity contribution in [2.75, 3.05) is 0 Å². The molecule has 0 spiro atoms. The summed E-state index contributed by atoms with van der Waals surface area (Å²) in [6, 6.07) is 0. The number of carbonyl (C=O) groups is 1. The molecule has 0 radical (unpaired) electrons. The zero-order valence-corrected chi connectivity index (χ0v) is 15.6. The lowest BCUT2D eigenvalue weighted by atomic mass is 9.46. The molecule has 2 N–H and O–H groups in total. The third-order valence-corrected chi connectivity index (χ3v) is 8.60. The van der Waals surface area contributed by atoms with Crippen LogP contribution in [0.1, 0.15) is 52.4 Å². The van der Waals surface area contributed by atoms with Gasteiger partial charge in [0.25, 0.3) is 0 Å². The van der Waals surface area contributed by atoms with E-state index in [1.54, 1.807) is 0 Å². The first-order valence-electron chi connectivity index (χ1n) is 9.03. The molecule has 0 heterocycles. The van der Waals surface area contributed by atoms with E-state index in [0.29, 0.717) is 24.0 Å². The predicted molar refractivity (Wildman–Crippen MR) is 92.2 cm³/mol. The molecule has 4 aliphatic carbocycles. The van der Waals surface area contributed by atoms with E-state index in [9.17, 15) is 15.0 Å². The first-order chi connectivity index (χ1) is 10.8. The summed E-state index contributed by atoms with van der Waals surface area (Å²) < 4.78 is 0. The maximum Gasteiger partial charge on any atom is 0.152 e. The number of Topliss-reactive ketones (excluding diaryl/α,β-unsaturated/α-hetero) is 1. The molecule has 0 bridgehead atoms. The number of aliphatic hydroxyl groups excluding tert-OH is 2. The first kappa shape index (κ1) is 16.3. The van der Waals surface area contributed by atoms with E-state index in [0.717, 1.165) is 32.1 Å². The van der Waals surface area contributed by atoms with Crippen molar-refractivity contribution in [2.45, 2.75) is 69.4 Å². The molecule has 0 aromatic heterocycles. The van der Waals surface area contributed by atoms with E-state index in [1.165, 1.54) is 5.57 Å². The average Bonchev–Trinajstić information content (AvgIpc) is 2.73. The van der Waals surface area contributed by atoms with Crippen LogP contribution >= 0.6 is 15.9 Å². The Kier molecular flexibility index (Phi) is 3.65. The fourth-order valence-corrected chi connectivity index (χ4v) is 7.35. The number of fused-ring (bicyclic) bond motifs is 5. The van der Waals surface area contributed by atoms with Gasteiger partial charge in [-0.1, -0.05) is 41.4 Å². The molecule has 4 heteroatoms. The molecule has 0 unspecified atom stereocenters. The molecule has 3 fully saturated rings. The van der Waals surface area contributed by atoms with E-state index < -0.39 is 0 Å². The van der Waals surface area contributed by atoms with Crippen molar-refractivity contribution in [3.8, 4) is 0 Å². The number of ketones is 1. The molecule has 0 aliphatic heterocycles. The van der Waals surface area contributed by atoms with E-state index in [-0.39, 0.29) is 33.8 Å². The van der Waals surface area contributed by atoms with Gasteiger partial charge in [-0.15, -0.1) is 0 Å². The van der Waals surface area contributed by atoms with E-state index in [4.69, 9.17) is 0 Å². The fourth-order valence-electron chi connectivity index (χ4n) is 6.43. The SMILES string of the molecule is C[C@]12CC[C@H](O)C=C1C[C@H](O)[C@@H]1[C@@H]2CC[C@]2(C)C(=O)[C@H](Br)C[C@@H]12. The molecule has 0 aromatic rings. The van der Waals surface area contributed by atoms with Gasteiger partial charge in [0.1, 0.15) is 0 Å². The minimum absolute atomic E-state index is 0.0404. The number of halogens is 1. The summed E-state index contributed by atoms with van der Waals surface area (Å²) in [7, 11) is 0. The fraction of sp³-hybridized carbons (Fsp3) is 0.842. The van der Waals surface area contributed by atoms with Crippen LogP contribution < -0.4 is 0 Å². The van der Waals surface area contributed by atoms with Crippen molar-refractivity contribution in [1.29, 1.82) is 0 Å². The number of alkyl halides is 1. The van der Waals surface area contributed by atoms with Gasteiger partial charge in [-0.3, -0.25) is 4.79 Å². The highest BCUT2D eigenvalue weighted by Gasteiger charge is 2.63. The van der Waals surface area contributed by atoms with Crippen molar-refractivity contribution < 1.29 is 15.0 Å². The molecule has 128 valence electrons. The highest BCUT2D eigenvalue weighted by Crippen LogP contribution is 2.65. The average molecular weight is 383 g/mol. The number of aliphatic hydroxyl groups is 2. The van der Waals surface area contributed by atoms with Crippen LogP contribution in [0.3, 0.4) is 0 Å². The maximum atomic E-state index is 12.7. The monoisotopic (exact) mass is 382 g/mol. The van der Waals surface area contributed by atoms with Gasteiger partial charge in [0.2, 0.25) is 0 Å². The highest BCUT2D eigenvalue weighted by molar-refractivity contribution is 9.10. The normalized spacial score (nSPS) is 55.7. The van der Waals surface area contributed by atoms with Crippen molar-refractivity contribution in [3.63, 3.8) is 0 Å². The lowest BCUT2D eigenvalue weighted by molar-refractivity contribution is -0.138. The van der Waals surface area contributed by atoms with E-state index in [1.807, 2.05) is 6.08 Å². The molecular weight excluding hydrogens is 356 g/mol. The second kappa shape index (κ2) is 5.15. The Labute approximate surface area is 146 Å². The Morgan fingerprint density at radius 3 is 2.57 bits per heavy atom. The standard InChI is InChI=1S/C19H27BrO3/c1-18-5-3-11(21)7-10(18)8-15(22)16-12(18)4-6-19(2)13(16)9-14(20)17(19)23/h7,11-16,21-22H,3-6,8-9H2,1-2H3/t11-,12-,13-,14+,15-,16+,18-,19-/m0/s1. The Bertz CT molecular complexity index is 573. The predicted octanol–water partition coefficient (Wildman–Crippen LogP) is 3.22. The summed E-state index contributed by atoms with van der Waals surface area (Å²) in [5.74, 6) is 1.29. The number of carbonyl (C=O) groups excluding carboxylic acids is 1. The molecule has 0 aromatic carbocycles. The molecule has 3 nitrogen and oxygen atoms in total. The maximum absolute atomic E-state index is 12.7. The molecular formula is C19H27BrO3. The molecule has 23 heavy (non-hydrogen) atoms. The topological polar surface area (TPSA) is 57.5 Å². The van der Waals surface area contributed by atoms with Gasteiger partial charge in [0, 0.05) is 5.41 Å². The molecule has 4 aliphatic rings. The summed E-state index contributed by atoms with van der Waals surface area (Å²) in [6.45, 7) is 4.46. The number of hydrogen-bond acceptors (Lipinski definition) is 3. The van der Waals surface area contributed by atoms with Crippen LogP contribution in [0.5, 0.6) is 0 Å². The van der Waals surface area contributed by atoms with Crippen LogP contribution in [0.25, 0.3) is 0 Å². The summed E-state index contributed by atoms with van der Waals surface area (Å²) in [5, 5.41) is 20.9. The quantitative estimate of drug-likeness (QED) is 0.499. The summed E-state index contributed by atoms with van der Waals surface area (Å²) in [5.41, 5.74) is 1.09. The van der Waals surface area contributed by atoms with Gasteiger partial charge in [-0.2, -0.15) is 0 Å². The molecule has 0 amide bonds. The molecule has 3 saturated carbocycles. The third-order valence-electron chi connectivity index (χ3n) is 7.81. The van der Waals surface area contributed by atoms with Gasteiger partial charge >= 0.3 is 0 Å². The van der Waals surface area contributed by atoms with Crippen LogP contribution in [-0.2, 0) is 4.79 Å². The van der Waals surface area contributed by atoms with Crippen LogP contribution in [0.4, 0.5) is 0 Å². The van der Waals surface area contributed by atoms with Crippen LogP contribution in [-0.4, -0.2) is 33.0 Å². The van der Waals surface area contributed by atoms with Gasteiger partial charge in [-0.25, -0.2) is 0 Å². The smallest absolute Gasteiger partial charge is 0.152 e. The zero-order chi connectivity index (χ0) is 16.6. The molecule has 4 rings (SSSR count). The number of hydrogen-bond donors (Lipinski definition) is 2. The van der Waals surface area contributed by atoms with Crippen LogP contribution in [0.2, 0.25) is 0 Å². The summed E-state index contributed by atoms with van der Waals surface area (Å²) >= 11 is 3.58. The van der Waals surface area contributed by atoms with Gasteiger partial charge < -0.3 is 10.2 Å². The minimum atomic E-state index is -0.375. The molecule has 0 saturated heterocycles. The first-order valence-corrected chi connectivity index (χ1v) is 9.94. The van der Waals surface area contributed by atoms with Crippen LogP contribution in [0, 0.1) is 28.6 Å². The second-order valence-electron chi connectivity index (χ2n) is 8.80. The molecule has 8 atom stereocenters. The highest BCUT2D eigenvalue weighted by atomic mass is 79.9. The van der Waals surface area contributed by atoms with E-state index in [2.05, 4.69) is 29.8 Å². The lowest BCUT2D eigenvalue weighted by Crippen LogP contribution is -2.55. The number of rotatable bonds is 0. The van der Waals surface area contributed by atoms with Crippen molar-refractivity contribution >= 4 is 21.7 Å². The second-order valence-corrected chi connectivity index (χ2v) is 9.91. The van der Waals surface area contributed by atoms with Crippen molar-refractivity contribution in [3.05, 3.63) is 11.6 Å².